The monoisotopic (exact) mass is 230 g/mol. The molecule has 0 unspecified atom stereocenters. The van der Waals surface area contributed by atoms with E-state index in [0.717, 1.165) is 18.7 Å². The minimum atomic E-state index is 0.401. The quantitative estimate of drug-likeness (QED) is 0.863. The fourth-order valence-corrected chi connectivity index (χ4v) is 1.90. The zero-order valence-electron chi connectivity index (χ0n) is 10.3. The Labute approximate surface area is 101 Å². The third kappa shape index (κ3) is 2.91. The number of aromatic nitrogens is 3. The van der Waals surface area contributed by atoms with Gasteiger partial charge < -0.3 is 5.73 Å². The molecule has 0 aliphatic carbocycles. The maximum Gasteiger partial charge on any atom is 0.164 e. The van der Waals surface area contributed by atoms with Gasteiger partial charge in [0.25, 0.3) is 0 Å². The molecule has 1 aromatic heterocycles. The van der Waals surface area contributed by atoms with Crippen molar-refractivity contribution in [2.45, 2.75) is 26.3 Å². The molecule has 1 heterocycles. The average Bonchev–Trinajstić information content (AvgIpc) is 2.68. The molecule has 0 saturated carbocycles. The third-order valence-electron chi connectivity index (χ3n) is 2.80. The Balaban J connectivity index is 2.04. The Morgan fingerprint density at radius 2 is 2.12 bits per heavy atom. The van der Waals surface area contributed by atoms with Gasteiger partial charge in [-0.3, -0.25) is 4.68 Å². The van der Waals surface area contributed by atoms with Gasteiger partial charge in [0.2, 0.25) is 0 Å². The van der Waals surface area contributed by atoms with Gasteiger partial charge in [-0.05, 0) is 18.9 Å². The molecule has 2 N–H and O–H groups in total. The maximum absolute atomic E-state index is 5.52. The lowest BCUT2D eigenvalue weighted by molar-refractivity contribution is 0.686. The fraction of sp³-hybridized carbons (Fsp3) is 0.385. The van der Waals surface area contributed by atoms with Crippen LogP contribution in [0.2, 0.25) is 0 Å². The number of hydrogen-bond acceptors (Lipinski definition) is 3. The molecule has 0 saturated heterocycles. The van der Waals surface area contributed by atoms with Gasteiger partial charge in [-0.25, -0.2) is 4.98 Å². The van der Waals surface area contributed by atoms with Crippen LogP contribution < -0.4 is 5.73 Å². The number of benzene rings is 1. The SMILES string of the molecule is Cc1cccc(CCc2nc(CN)nn2C)c1. The van der Waals surface area contributed by atoms with Crippen LogP contribution in [0.5, 0.6) is 0 Å². The van der Waals surface area contributed by atoms with Crippen molar-refractivity contribution in [2.24, 2.45) is 12.8 Å². The molecule has 0 atom stereocenters. The van der Waals surface area contributed by atoms with Gasteiger partial charge in [-0.1, -0.05) is 29.8 Å². The average molecular weight is 230 g/mol. The normalized spacial score (nSPS) is 10.8. The van der Waals surface area contributed by atoms with Crippen molar-refractivity contribution in [1.82, 2.24) is 14.8 Å². The van der Waals surface area contributed by atoms with E-state index in [1.165, 1.54) is 11.1 Å². The molecule has 90 valence electrons. The molecule has 0 radical (unpaired) electrons. The number of nitrogens with zero attached hydrogens (tertiary/aromatic N) is 3. The highest BCUT2D eigenvalue weighted by atomic mass is 15.3. The van der Waals surface area contributed by atoms with Gasteiger partial charge in [-0.15, -0.1) is 0 Å². The van der Waals surface area contributed by atoms with Crippen LogP contribution >= 0.6 is 0 Å². The van der Waals surface area contributed by atoms with Crippen molar-refractivity contribution < 1.29 is 0 Å². The van der Waals surface area contributed by atoms with E-state index in [1.54, 1.807) is 0 Å². The summed E-state index contributed by atoms with van der Waals surface area (Å²) in [7, 11) is 1.91. The van der Waals surface area contributed by atoms with E-state index >= 15 is 0 Å². The molecule has 4 nitrogen and oxygen atoms in total. The van der Waals surface area contributed by atoms with E-state index in [1.807, 2.05) is 11.7 Å². The molecule has 0 spiro atoms. The van der Waals surface area contributed by atoms with Gasteiger partial charge in [0.05, 0.1) is 6.54 Å². The van der Waals surface area contributed by atoms with E-state index < -0.39 is 0 Å². The lowest BCUT2D eigenvalue weighted by Gasteiger charge is -2.02. The number of aryl methyl sites for hydroxylation is 4. The van der Waals surface area contributed by atoms with Crippen LogP contribution in [0.4, 0.5) is 0 Å². The molecular weight excluding hydrogens is 212 g/mol. The predicted octanol–water partition coefficient (Wildman–Crippen LogP) is 1.37. The first kappa shape index (κ1) is 11.8. The summed E-state index contributed by atoms with van der Waals surface area (Å²) in [5.41, 5.74) is 8.15. The molecule has 2 aromatic rings. The molecule has 4 heteroatoms. The number of rotatable bonds is 4. The highest BCUT2D eigenvalue weighted by molar-refractivity contribution is 5.22. The topological polar surface area (TPSA) is 56.7 Å². The van der Waals surface area contributed by atoms with Crippen molar-refractivity contribution in [3.8, 4) is 0 Å². The zero-order chi connectivity index (χ0) is 12.3. The molecule has 17 heavy (non-hydrogen) atoms. The first-order chi connectivity index (χ1) is 8.19. The molecule has 2 rings (SSSR count). The van der Waals surface area contributed by atoms with Crippen molar-refractivity contribution in [3.63, 3.8) is 0 Å². The zero-order valence-corrected chi connectivity index (χ0v) is 10.3. The Morgan fingerprint density at radius 1 is 1.29 bits per heavy atom. The van der Waals surface area contributed by atoms with Crippen LogP contribution in [0.1, 0.15) is 22.8 Å². The minimum Gasteiger partial charge on any atom is -0.324 e. The maximum atomic E-state index is 5.52. The standard InChI is InChI=1S/C13H18N4/c1-10-4-3-5-11(8-10)6-7-13-15-12(9-14)16-17(13)2/h3-5,8H,6-7,9,14H2,1-2H3. The van der Waals surface area contributed by atoms with E-state index in [-0.39, 0.29) is 0 Å². The Morgan fingerprint density at radius 3 is 2.76 bits per heavy atom. The molecule has 0 aliphatic heterocycles. The largest absolute Gasteiger partial charge is 0.324 e. The Bertz CT molecular complexity index is 502. The van der Waals surface area contributed by atoms with E-state index in [2.05, 4.69) is 41.3 Å². The molecule has 1 aromatic carbocycles. The van der Waals surface area contributed by atoms with Crippen LogP contribution in [-0.2, 0) is 26.4 Å². The highest BCUT2D eigenvalue weighted by Gasteiger charge is 2.05. The molecule has 0 aliphatic rings. The summed E-state index contributed by atoms with van der Waals surface area (Å²) in [4.78, 5) is 4.39. The van der Waals surface area contributed by atoms with E-state index in [0.29, 0.717) is 12.4 Å². The summed E-state index contributed by atoms with van der Waals surface area (Å²) in [5, 5.41) is 4.24. The second-order valence-electron chi connectivity index (χ2n) is 4.26. The van der Waals surface area contributed by atoms with Crippen molar-refractivity contribution >= 4 is 0 Å². The Kier molecular flexibility index (Phi) is 3.54. The summed E-state index contributed by atoms with van der Waals surface area (Å²) < 4.78 is 1.82. The molecule has 0 bridgehead atoms. The van der Waals surface area contributed by atoms with Gasteiger partial charge in [0.15, 0.2) is 5.82 Å². The van der Waals surface area contributed by atoms with Crippen molar-refractivity contribution in [3.05, 3.63) is 47.0 Å². The highest BCUT2D eigenvalue weighted by Crippen LogP contribution is 2.08. The summed E-state index contributed by atoms with van der Waals surface area (Å²) in [5.74, 6) is 1.71. The molecule has 0 fully saturated rings. The minimum absolute atomic E-state index is 0.401. The van der Waals surface area contributed by atoms with Crippen LogP contribution in [0.3, 0.4) is 0 Å². The lowest BCUT2D eigenvalue weighted by atomic mass is 10.1. The second kappa shape index (κ2) is 5.10. The number of hydrogen-bond donors (Lipinski definition) is 1. The number of nitrogens with two attached hydrogens (primary N) is 1. The predicted molar refractivity (Wildman–Crippen MR) is 67.5 cm³/mol. The van der Waals surface area contributed by atoms with Crippen LogP contribution in [0.15, 0.2) is 24.3 Å². The lowest BCUT2D eigenvalue weighted by Crippen LogP contribution is -2.01. The molecule has 0 amide bonds. The van der Waals surface area contributed by atoms with Crippen LogP contribution in [0.25, 0.3) is 0 Å². The van der Waals surface area contributed by atoms with Crippen LogP contribution in [0, 0.1) is 6.92 Å². The van der Waals surface area contributed by atoms with Crippen molar-refractivity contribution in [2.75, 3.05) is 0 Å². The van der Waals surface area contributed by atoms with Crippen molar-refractivity contribution in [1.29, 1.82) is 0 Å². The first-order valence-corrected chi connectivity index (χ1v) is 5.83. The summed E-state index contributed by atoms with van der Waals surface area (Å²) in [6.45, 7) is 2.51. The van der Waals surface area contributed by atoms with Gasteiger partial charge in [-0.2, -0.15) is 5.10 Å². The summed E-state index contributed by atoms with van der Waals surface area (Å²) >= 11 is 0. The van der Waals surface area contributed by atoms with Gasteiger partial charge in [0, 0.05) is 13.5 Å². The third-order valence-corrected chi connectivity index (χ3v) is 2.80. The second-order valence-corrected chi connectivity index (χ2v) is 4.26. The fourth-order valence-electron chi connectivity index (χ4n) is 1.90. The summed E-state index contributed by atoms with van der Waals surface area (Å²) in [6.07, 6.45) is 1.88. The van der Waals surface area contributed by atoms with E-state index in [9.17, 15) is 0 Å². The van der Waals surface area contributed by atoms with Crippen LogP contribution in [-0.4, -0.2) is 14.8 Å². The van der Waals surface area contributed by atoms with E-state index in [4.69, 9.17) is 5.73 Å². The van der Waals surface area contributed by atoms with Gasteiger partial charge in [0.1, 0.15) is 5.82 Å². The van der Waals surface area contributed by atoms with Gasteiger partial charge >= 0.3 is 0 Å². The molecular formula is C13H18N4. The Hall–Kier alpha value is -1.68. The summed E-state index contributed by atoms with van der Waals surface area (Å²) in [6, 6.07) is 8.55. The smallest absolute Gasteiger partial charge is 0.164 e. The first-order valence-electron chi connectivity index (χ1n) is 5.83.